The van der Waals surface area contributed by atoms with Gasteiger partial charge in [0.2, 0.25) is 11.7 Å². The Balaban J connectivity index is 1.65. The maximum Gasteiger partial charge on any atom is 0.331 e. The molecule has 0 bridgehead atoms. The maximum atomic E-state index is 12.1. The third kappa shape index (κ3) is 4.60. The van der Waals surface area contributed by atoms with Crippen molar-refractivity contribution in [2.45, 2.75) is 13.3 Å². The molecular weight excluding hydrogens is 362 g/mol. The van der Waals surface area contributed by atoms with Gasteiger partial charge in [-0.15, -0.1) is 11.3 Å². The highest BCUT2D eigenvalue weighted by atomic mass is 32.1. The summed E-state index contributed by atoms with van der Waals surface area (Å²) in [5.74, 6) is -0.378. The minimum absolute atomic E-state index is 0.202. The monoisotopic (exact) mass is 381 g/mol. The number of thiophene rings is 1. The van der Waals surface area contributed by atoms with Crippen LogP contribution in [-0.4, -0.2) is 30.5 Å². The largest absolute Gasteiger partial charge is 0.481 e. The minimum Gasteiger partial charge on any atom is -0.481 e. The molecule has 0 aliphatic rings. The van der Waals surface area contributed by atoms with E-state index in [4.69, 9.17) is 9.47 Å². The van der Waals surface area contributed by atoms with Gasteiger partial charge in [0.1, 0.15) is 0 Å². The molecule has 0 amide bonds. The molecule has 3 aromatic rings. The van der Waals surface area contributed by atoms with Crippen molar-refractivity contribution in [3.63, 3.8) is 0 Å². The van der Waals surface area contributed by atoms with E-state index in [1.54, 1.807) is 12.1 Å². The number of hydrogen-bond acceptors (Lipinski definition) is 6. The number of Topliss-reactive ketones (excluding diaryl/α,β-unsaturated/α-hetero) is 1. The van der Waals surface area contributed by atoms with Crippen molar-refractivity contribution in [3.8, 4) is 5.88 Å². The fraction of sp³-hybridized carbons (Fsp3) is 0.190. The van der Waals surface area contributed by atoms with Crippen LogP contribution in [0.3, 0.4) is 0 Å². The first-order valence-electron chi connectivity index (χ1n) is 8.51. The zero-order valence-electron chi connectivity index (χ0n) is 15.1. The average molecular weight is 381 g/mol. The van der Waals surface area contributed by atoms with Crippen LogP contribution in [0.15, 0.2) is 48.5 Å². The van der Waals surface area contributed by atoms with Crippen molar-refractivity contribution in [1.29, 1.82) is 0 Å². The summed E-state index contributed by atoms with van der Waals surface area (Å²) < 4.78 is 10.3. The zero-order chi connectivity index (χ0) is 19.2. The van der Waals surface area contributed by atoms with Crippen LogP contribution in [0.2, 0.25) is 0 Å². The standard InChI is InChI=1S/C21H19NO4S/c1-3-16-9-10-19(27-16)18(23)13-26-20(24)11-8-15-12-14-6-4-5-7-17(14)22-21(15)25-2/h4-12H,3,13H2,1-2H3/b11-8+. The Morgan fingerprint density at radius 2 is 2.00 bits per heavy atom. The fourth-order valence-electron chi connectivity index (χ4n) is 2.53. The molecule has 2 heterocycles. The maximum absolute atomic E-state index is 12.1. The van der Waals surface area contributed by atoms with Crippen molar-refractivity contribution in [3.05, 3.63) is 63.9 Å². The van der Waals surface area contributed by atoms with E-state index in [1.165, 1.54) is 24.5 Å². The van der Waals surface area contributed by atoms with Crippen LogP contribution < -0.4 is 4.74 Å². The molecule has 0 aliphatic carbocycles. The minimum atomic E-state index is -0.592. The number of nitrogens with zero attached hydrogens (tertiary/aromatic N) is 1. The number of esters is 1. The lowest BCUT2D eigenvalue weighted by atomic mass is 10.1. The first kappa shape index (κ1) is 18.8. The summed E-state index contributed by atoms with van der Waals surface area (Å²) in [5, 5.41) is 0.936. The van der Waals surface area contributed by atoms with Crippen molar-refractivity contribution >= 4 is 40.1 Å². The number of benzene rings is 1. The zero-order valence-corrected chi connectivity index (χ0v) is 15.9. The van der Waals surface area contributed by atoms with Gasteiger partial charge in [-0.2, -0.15) is 0 Å². The van der Waals surface area contributed by atoms with Gasteiger partial charge in [-0.3, -0.25) is 4.79 Å². The highest BCUT2D eigenvalue weighted by molar-refractivity contribution is 7.14. The summed E-state index contributed by atoms with van der Waals surface area (Å²) in [6.45, 7) is 1.75. The number of para-hydroxylation sites is 1. The molecule has 0 fully saturated rings. The van der Waals surface area contributed by atoms with Gasteiger partial charge in [0.15, 0.2) is 6.61 Å². The molecule has 138 valence electrons. The second-order valence-electron chi connectivity index (χ2n) is 5.76. The van der Waals surface area contributed by atoms with Crippen LogP contribution in [0.4, 0.5) is 0 Å². The number of hydrogen-bond donors (Lipinski definition) is 0. The van der Waals surface area contributed by atoms with Gasteiger partial charge < -0.3 is 9.47 Å². The highest BCUT2D eigenvalue weighted by Gasteiger charge is 2.11. The molecule has 0 radical (unpaired) electrons. The molecule has 0 saturated heterocycles. The Hall–Kier alpha value is -2.99. The number of carbonyl (C=O) groups is 2. The van der Waals surface area contributed by atoms with E-state index in [9.17, 15) is 9.59 Å². The van der Waals surface area contributed by atoms with Gasteiger partial charge in [-0.1, -0.05) is 25.1 Å². The number of aromatic nitrogens is 1. The number of carbonyl (C=O) groups excluding carboxylic acids is 2. The summed E-state index contributed by atoms with van der Waals surface area (Å²) in [6.07, 6.45) is 3.72. The number of rotatable bonds is 7. The topological polar surface area (TPSA) is 65.5 Å². The summed E-state index contributed by atoms with van der Waals surface area (Å²) in [4.78, 5) is 30.2. The number of methoxy groups -OCH3 is 1. The third-order valence-electron chi connectivity index (χ3n) is 3.94. The smallest absolute Gasteiger partial charge is 0.331 e. The summed E-state index contributed by atoms with van der Waals surface area (Å²) in [5.41, 5.74) is 1.47. The van der Waals surface area contributed by atoms with Gasteiger partial charge in [0, 0.05) is 21.9 Å². The lowest BCUT2D eigenvalue weighted by molar-refractivity contribution is -0.136. The predicted octanol–water partition coefficient (Wildman–Crippen LogP) is 4.31. The normalized spacial score (nSPS) is 11.0. The lowest BCUT2D eigenvalue weighted by Crippen LogP contribution is -2.11. The average Bonchev–Trinajstić information content (AvgIpc) is 3.19. The van der Waals surface area contributed by atoms with Gasteiger partial charge in [-0.05, 0) is 36.8 Å². The molecule has 3 rings (SSSR count). The second kappa shape index (κ2) is 8.60. The Morgan fingerprint density at radius 3 is 2.74 bits per heavy atom. The van der Waals surface area contributed by atoms with Crippen LogP contribution in [0.1, 0.15) is 27.0 Å². The van der Waals surface area contributed by atoms with E-state index < -0.39 is 5.97 Å². The second-order valence-corrected chi connectivity index (χ2v) is 6.93. The van der Waals surface area contributed by atoms with Gasteiger partial charge >= 0.3 is 5.97 Å². The lowest BCUT2D eigenvalue weighted by Gasteiger charge is -2.06. The molecule has 2 aromatic heterocycles. The van der Waals surface area contributed by atoms with Crippen molar-refractivity contribution in [1.82, 2.24) is 4.98 Å². The molecule has 0 spiro atoms. The molecule has 6 heteroatoms. The Kier molecular flexibility index (Phi) is 5.98. The van der Waals surface area contributed by atoms with Crippen LogP contribution in [-0.2, 0) is 16.0 Å². The van der Waals surface area contributed by atoms with Crippen LogP contribution in [0, 0.1) is 0 Å². The Labute approximate surface area is 161 Å². The quantitative estimate of drug-likeness (QED) is 0.347. The predicted molar refractivity (Wildman–Crippen MR) is 106 cm³/mol. The van der Waals surface area contributed by atoms with Crippen LogP contribution >= 0.6 is 11.3 Å². The van der Waals surface area contributed by atoms with Gasteiger partial charge in [0.05, 0.1) is 17.5 Å². The molecule has 0 unspecified atom stereocenters. The molecule has 0 atom stereocenters. The first-order valence-corrected chi connectivity index (χ1v) is 9.33. The molecule has 1 aromatic carbocycles. The van der Waals surface area contributed by atoms with Crippen molar-refractivity contribution in [2.24, 2.45) is 0 Å². The van der Waals surface area contributed by atoms with E-state index in [0.717, 1.165) is 22.2 Å². The van der Waals surface area contributed by atoms with E-state index in [2.05, 4.69) is 4.98 Å². The Bertz CT molecular complexity index is 1010. The number of aryl methyl sites for hydroxylation is 1. The molecular formula is C21H19NO4S. The number of ether oxygens (including phenoxy) is 2. The SMILES string of the molecule is CCc1ccc(C(=O)COC(=O)/C=C/c2cc3ccccc3nc2OC)s1. The number of fused-ring (bicyclic) bond motifs is 1. The van der Waals surface area contributed by atoms with E-state index in [1.807, 2.05) is 43.3 Å². The van der Waals surface area contributed by atoms with Crippen LogP contribution in [0.5, 0.6) is 5.88 Å². The van der Waals surface area contributed by atoms with Crippen molar-refractivity contribution < 1.29 is 19.1 Å². The summed E-state index contributed by atoms with van der Waals surface area (Å²) in [7, 11) is 1.52. The molecule has 0 saturated carbocycles. The highest BCUT2D eigenvalue weighted by Crippen LogP contribution is 2.23. The Morgan fingerprint density at radius 1 is 1.19 bits per heavy atom. The summed E-state index contributed by atoms with van der Waals surface area (Å²) >= 11 is 1.43. The van der Waals surface area contributed by atoms with Crippen LogP contribution in [0.25, 0.3) is 17.0 Å². The molecule has 0 aliphatic heterocycles. The summed E-state index contributed by atoms with van der Waals surface area (Å²) in [6, 6.07) is 13.2. The molecule has 27 heavy (non-hydrogen) atoms. The first-order chi connectivity index (χ1) is 13.1. The third-order valence-corrected chi connectivity index (χ3v) is 5.21. The number of ketones is 1. The number of pyridine rings is 1. The fourth-order valence-corrected chi connectivity index (χ4v) is 3.40. The van der Waals surface area contributed by atoms with Crippen molar-refractivity contribution in [2.75, 3.05) is 13.7 Å². The van der Waals surface area contributed by atoms with E-state index in [0.29, 0.717) is 16.3 Å². The van der Waals surface area contributed by atoms with Gasteiger partial charge in [-0.25, -0.2) is 9.78 Å². The van der Waals surface area contributed by atoms with E-state index in [-0.39, 0.29) is 12.4 Å². The molecule has 0 N–H and O–H groups in total. The molecule has 5 nitrogen and oxygen atoms in total. The van der Waals surface area contributed by atoms with E-state index >= 15 is 0 Å². The van der Waals surface area contributed by atoms with Gasteiger partial charge in [0.25, 0.3) is 0 Å².